The zero-order valence-corrected chi connectivity index (χ0v) is 12.0. The molecule has 0 bridgehead atoms. The van der Waals surface area contributed by atoms with Crippen LogP contribution in [0.15, 0.2) is 33.2 Å². The van der Waals surface area contributed by atoms with Crippen molar-refractivity contribution in [2.24, 2.45) is 0 Å². The van der Waals surface area contributed by atoms with Gasteiger partial charge in [-0.05, 0) is 44.9 Å². The summed E-state index contributed by atoms with van der Waals surface area (Å²) in [6.45, 7) is 0. The van der Waals surface area contributed by atoms with Crippen molar-refractivity contribution in [2.75, 3.05) is 0 Å². The van der Waals surface area contributed by atoms with E-state index in [2.05, 4.69) is 31.9 Å². The maximum atomic E-state index is 10.9. The summed E-state index contributed by atoms with van der Waals surface area (Å²) in [4.78, 5) is 10.9. The van der Waals surface area contributed by atoms with Gasteiger partial charge in [-0.25, -0.2) is 4.79 Å². The van der Waals surface area contributed by atoms with Gasteiger partial charge in [0.15, 0.2) is 0 Å². The predicted octanol–water partition coefficient (Wildman–Crippen LogP) is 0.885. The van der Waals surface area contributed by atoms with Crippen molar-refractivity contribution in [3.63, 3.8) is 0 Å². The minimum absolute atomic E-state index is 0. The van der Waals surface area contributed by atoms with Gasteiger partial charge in [-0.3, -0.25) is 0 Å². The van der Waals surface area contributed by atoms with E-state index in [1.807, 2.05) is 6.07 Å². The van der Waals surface area contributed by atoms with Crippen molar-refractivity contribution in [1.29, 1.82) is 0 Å². The van der Waals surface area contributed by atoms with Gasteiger partial charge in [-0.15, -0.1) is 0 Å². The van der Waals surface area contributed by atoms with E-state index in [-0.39, 0.29) is 31.6 Å². The summed E-state index contributed by atoms with van der Waals surface area (Å²) in [7, 11) is 0. The van der Waals surface area contributed by atoms with Crippen LogP contribution in [0.4, 0.5) is 0 Å². The summed E-state index contributed by atoms with van der Waals surface area (Å²) in [6.07, 6.45) is 0. The largest absolute Gasteiger partial charge is 1.00 e. The number of aromatic hydroxyl groups is 1. The Balaban J connectivity index is 0.00000144. The van der Waals surface area contributed by atoms with Gasteiger partial charge >= 0.3 is 24.8 Å². The molecule has 0 aliphatic carbocycles. The van der Waals surface area contributed by atoms with Crippen LogP contribution in [0.2, 0.25) is 0 Å². The molecule has 2 rings (SSSR count). The third kappa shape index (κ3) is 2.69. The van der Waals surface area contributed by atoms with E-state index < -0.39 is 5.97 Å². The average Bonchev–Trinajstić information content (AvgIpc) is 2.22. The fourth-order valence-corrected chi connectivity index (χ4v) is 2.44. The minimum Gasteiger partial charge on any atom is -1.00 e. The molecule has 3 nitrogen and oxygen atoms in total. The van der Waals surface area contributed by atoms with Crippen LogP contribution in [0.25, 0.3) is 10.8 Å². The van der Waals surface area contributed by atoms with Crippen LogP contribution in [-0.4, -0.2) is 16.2 Å². The van der Waals surface area contributed by atoms with Gasteiger partial charge in [0, 0.05) is 4.47 Å². The van der Waals surface area contributed by atoms with Gasteiger partial charge in [0.05, 0.1) is 4.47 Å². The number of carboxylic acid groups (broad SMARTS) is 1. The Morgan fingerprint density at radius 1 is 1.24 bits per heavy atom. The number of hydrogen-bond donors (Lipinski definition) is 2. The minimum atomic E-state index is -1.15. The first kappa shape index (κ1) is 14.6. The van der Waals surface area contributed by atoms with Gasteiger partial charge in [-0.1, -0.05) is 22.0 Å². The summed E-state index contributed by atoms with van der Waals surface area (Å²) in [5.74, 6) is -1.40. The first-order chi connectivity index (χ1) is 7.50. The Bertz CT molecular complexity index is 604. The molecule has 17 heavy (non-hydrogen) atoms. The molecule has 2 aromatic carbocycles. The van der Waals surface area contributed by atoms with Crippen LogP contribution in [0, 0.1) is 0 Å². The molecule has 0 spiro atoms. The number of carbonyl (C=O) groups is 1. The molecular formula is C11H7Br2LiO3. The number of halogens is 2. The fourth-order valence-electron chi connectivity index (χ4n) is 1.49. The Labute approximate surface area is 128 Å². The molecule has 0 saturated carbocycles. The molecular weight excluding hydrogens is 347 g/mol. The first-order valence-electron chi connectivity index (χ1n) is 4.34. The van der Waals surface area contributed by atoms with Gasteiger partial charge in [0.1, 0.15) is 11.3 Å². The Hall–Kier alpha value is -0.473. The van der Waals surface area contributed by atoms with Crippen molar-refractivity contribution < 1.29 is 35.3 Å². The number of rotatable bonds is 1. The molecule has 0 heterocycles. The summed E-state index contributed by atoms with van der Waals surface area (Å²) in [5.41, 5.74) is -0.113. The Morgan fingerprint density at radius 2 is 1.88 bits per heavy atom. The second kappa shape index (κ2) is 5.45. The maximum absolute atomic E-state index is 10.9. The predicted molar refractivity (Wildman–Crippen MR) is 69.1 cm³/mol. The van der Waals surface area contributed by atoms with Gasteiger partial charge < -0.3 is 11.6 Å². The fraction of sp³-hybridized carbons (Fsp3) is 0. The molecule has 0 unspecified atom stereocenters. The standard InChI is InChI=1S/C11H6Br2O3.Li.H/c12-6-1-2-7-5(3-6)4-8(11(15)16)10(14)9(7)13;;/h1-4,14H,(H,15,16);;/q;+1;-1. The molecule has 2 N–H and O–H groups in total. The summed E-state index contributed by atoms with van der Waals surface area (Å²) < 4.78 is 1.25. The second-order valence-electron chi connectivity index (χ2n) is 3.26. The molecule has 84 valence electrons. The van der Waals surface area contributed by atoms with Crippen molar-refractivity contribution in [1.82, 2.24) is 0 Å². The van der Waals surface area contributed by atoms with Crippen molar-refractivity contribution in [3.05, 3.63) is 38.8 Å². The third-order valence-electron chi connectivity index (χ3n) is 2.24. The van der Waals surface area contributed by atoms with Gasteiger partial charge in [0.2, 0.25) is 0 Å². The van der Waals surface area contributed by atoms with Crippen LogP contribution >= 0.6 is 31.9 Å². The number of hydrogen-bond acceptors (Lipinski definition) is 2. The average molecular weight is 354 g/mol. The van der Waals surface area contributed by atoms with E-state index in [4.69, 9.17) is 5.11 Å². The molecule has 0 aliphatic rings. The van der Waals surface area contributed by atoms with E-state index in [9.17, 15) is 9.90 Å². The molecule has 2 aromatic rings. The number of aromatic carboxylic acids is 1. The molecule has 6 heteroatoms. The molecule has 0 radical (unpaired) electrons. The summed E-state index contributed by atoms with van der Waals surface area (Å²) >= 11 is 6.51. The zero-order chi connectivity index (χ0) is 11.9. The number of carboxylic acids is 1. The van der Waals surface area contributed by atoms with E-state index in [1.54, 1.807) is 12.1 Å². The SMILES string of the molecule is O=C(O)c1cc2cc(Br)ccc2c(Br)c1O.[H-].[Li+]. The van der Waals surface area contributed by atoms with Crippen molar-refractivity contribution in [2.45, 2.75) is 0 Å². The molecule has 0 atom stereocenters. The maximum Gasteiger partial charge on any atom is 1.00 e. The number of phenols is 1. The van der Waals surface area contributed by atoms with Crippen LogP contribution in [0.3, 0.4) is 0 Å². The Kier molecular flexibility index (Phi) is 4.67. The van der Waals surface area contributed by atoms with Crippen molar-refractivity contribution in [3.8, 4) is 5.75 Å². The number of fused-ring (bicyclic) bond motifs is 1. The van der Waals surface area contributed by atoms with Crippen LogP contribution < -0.4 is 18.9 Å². The smallest absolute Gasteiger partial charge is 1.00 e. The topological polar surface area (TPSA) is 57.5 Å². The van der Waals surface area contributed by atoms with E-state index in [1.165, 1.54) is 6.07 Å². The van der Waals surface area contributed by atoms with Crippen LogP contribution in [-0.2, 0) is 0 Å². The molecule has 0 amide bonds. The summed E-state index contributed by atoms with van der Waals surface area (Å²) in [6, 6.07) is 6.87. The molecule has 0 fully saturated rings. The van der Waals surface area contributed by atoms with E-state index in [0.29, 0.717) is 4.47 Å². The Morgan fingerprint density at radius 3 is 2.47 bits per heavy atom. The molecule has 0 aromatic heterocycles. The van der Waals surface area contributed by atoms with E-state index in [0.717, 1.165) is 15.2 Å². The van der Waals surface area contributed by atoms with Gasteiger partial charge in [-0.2, -0.15) is 0 Å². The van der Waals surface area contributed by atoms with Crippen molar-refractivity contribution >= 4 is 48.6 Å². The second-order valence-corrected chi connectivity index (χ2v) is 4.97. The van der Waals surface area contributed by atoms with E-state index >= 15 is 0 Å². The summed E-state index contributed by atoms with van der Waals surface area (Å²) in [5, 5.41) is 20.1. The third-order valence-corrected chi connectivity index (χ3v) is 3.54. The monoisotopic (exact) mass is 352 g/mol. The first-order valence-corrected chi connectivity index (χ1v) is 5.93. The zero-order valence-electron chi connectivity index (χ0n) is 9.87. The van der Waals surface area contributed by atoms with Gasteiger partial charge in [0.25, 0.3) is 0 Å². The quantitative estimate of drug-likeness (QED) is 0.748. The van der Waals surface area contributed by atoms with Crippen LogP contribution in [0.5, 0.6) is 5.75 Å². The molecule has 0 saturated heterocycles. The normalized spacial score (nSPS) is 10.0. The number of benzene rings is 2. The van der Waals surface area contributed by atoms with Crippen LogP contribution in [0.1, 0.15) is 11.8 Å². The molecule has 0 aliphatic heterocycles.